The quantitative estimate of drug-likeness (QED) is 0.455. The highest BCUT2D eigenvalue weighted by Crippen LogP contribution is 2.53. The first-order valence-electron chi connectivity index (χ1n) is 10.0. The number of para-hydroxylation sites is 1. The maximum atomic E-state index is 14.0. The third kappa shape index (κ3) is 2.33. The molecule has 9 nitrogen and oxygen atoms in total. The number of amides is 1. The lowest BCUT2D eigenvalue weighted by molar-refractivity contribution is -0.122. The molecule has 1 spiro atoms. The van der Waals surface area contributed by atoms with Gasteiger partial charge in [-0.05, 0) is 24.6 Å². The van der Waals surface area contributed by atoms with E-state index in [1.54, 1.807) is 11.0 Å². The Morgan fingerprint density at radius 3 is 2.94 bits per heavy atom. The van der Waals surface area contributed by atoms with Gasteiger partial charge in [0, 0.05) is 22.7 Å². The average Bonchev–Trinajstić information content (AvgIpc) is 3.57. The number of carbonyl (C=O) groups excluding carboxylic acids is 2. The number of nitrogens with zero attached hydrogens (tertiary/aromatic N) is 3. The van der Waals surface area contributed by atoms with Crippen molar-refractivity contribution in [3.05, 3.63) is 71.1 Å². The van der Waals surface area contributed by atoms with Crippen LogP contribution in [0.15, 0.2) is 51.6 Å². The average molecular weight is 431 g/mol. The molecule has 0 saturated heterocycles. The maximum absolute atomic E-state index is 14.0. The van der Waals surface area contributed by atoms with E-state index in [0.717, 1.165) is 27.9 Å². The first kappa shape index (κ1) is 18.6. The zero-order valence-electron chi connectivity index (χ0n) is 17.2. The number of esters is 1. The van der Waals surface area contributed by atoms with Crippen molar-refractivity contribution < 1.29 is 28.0 Å². The molecule has 2 aromatic heterocycles. The van der Waals surface area contributed by atoms with Crippen molar-refractivity contribution in [2.75, 3.05) is 18.6 Å². The molecule has 1 atom stereocenters. The first-order chi connectivity index (χ1) is 15.5. The van der Waals surface area contributed by atoms with Gasteiger partial charge in [-0.1, -0.05) is 23.4 Å². The van der Waals surface area contributed by atoms with Crippen molar-refractivity contribution in [2.45, 2.75) is 18.9 Å². The fourth-order valence-corrected chi connectivity index (χ4v) is 4.60. The van der Waals surface area contributed by atoms with Crippen LogP contribution in [0.3, 0.4) is 0 Å². The molecule has 160 valence electrons. The Labute approximate surface area is 181 Å². The predicted octanol–water partition coefficient (Wildman–Crippen LogP) is 3.14. The number of fused-ring (bicyclic) bond motifs is 5. The number of ether oxygens (including phenoxy) is 2. The molecule has 4 aromatic rings. The van der Waals surface area contributed by atoms with Crippen LogP contribution >= 0.6 is 0 Å². The second-order valence-corrected chi connectivity index (χ2v) is 7.83. The SMILES string of the molecule is COC(=O)c1coc(CN2C(=O)C3(COc4cc5onc(C)c5cc43)c3ccccc32)n1. The van der Waals surface area contributed by atoms with Gasteiger partial charge in [0.15, 0.2) is 11.3 Å². The van der Waals surface area contributed by atoms with Crippen LogP contribution in [0.1, 0.15) is 33.2 Å². The Hall–Kier alpha value is -4.14. The van der Waals surface area contributed by atoms with Gasteiger partial charge in [0.25, 0.3) is 0 Å². The van der Waals surface area contributed by atoms with Crippen LogP contribution in [0.2, 0.25) is 0 Å². The van der Waals surface area contributed by atoms with E-state index in [1.807, 2.05) is 37.3 Å². The number of hydrogen-bond donors (Lipinski definition) is 0. The molecule has 32 heavy (non-hydrogen) atoms. The molecule has 4 heterocycles. The molecular formula is C23H17N3O6. The lowest BCUT2D eigenvalue weighted by Crippen LogP contribution is -2.42. The summed E-state index contributed by atoms with van der Waals surface area (Å²) in [6, 6.07) is 11.3. The molecule has 2 aromatic carbocycles. The lowest BCUT2D eigenvalue weighted by Gasteiger charge is -2.22. The standard InChI is InChI=1S/C23H17N3O6/c1-12-13-7-15-19(8-18(13)32-25-12)31-11-23(15)14-5-3-4-6-17(14)26(22(23)28)9-20-24-16(10-30-20)21(27)29-2/h3-8,10H,9,11H2,1-2H3. The Morgan fingerprint density at radius 1 is 1.25 bits per heavy atom. The summed E-state index contributed by atoms with van der Waals surface area (Å²) in [6.07, 6.45) is 1.22. The van der Waals surface area contributed by atoms with E-state index in [4.69, 9.17) is 13.7 Å². The molecule has 9 heteroatoms. The van der Waals surface area contributed by atoms with Crippen LogP contribution in [-0.2, 0) is 21.5 Å². The number of carbonyl (C=O) groups is 2. The predicted molar refractivity (Wildman–Crippen MR) is 110 cm³/mol. The van der Waals surface area contributed by atoms with Gasteiger partial charge in [0.1, 0.15) is 30.6 Å². The number of hydrogen-bond acceptors (Lipinski definition) is 8. The molecule has 1 amide bonds. The normalized spacial score (nSPS) is 18.8. The number of rotatable bonds is 3. The van der Waals surface area contributed by atoms with Crippen LogP contribution in [0.25, 0.3) is 11.0 Å². The smallest absolute Gasteiger partial charge is 0.360 e. The highest BCUT2D eigenvalue weighted by molar-refractivity contribution is 6.12. The summed E-state index contributed by atoms with van der Waals surface area (Å²) in [4.78, 5) is 31.5. The van der Waals surface area contributed by atoms with Crippen molar-refractivity contribution in [1.82, 2.24) is 10.1 Å². The van der Waals surface area contributed by atoms with E-state index < -0.39 is 11.4 Å². The third-order valence-electron chi connectivity index (χ3n) is 6.16. The van der Waals surface area contributed by atoms with E-state index in [2.05, 4.69) is 14.9 Å². The van der Waals surface area contributed by atoms with Gasteiger partial charge >= 0.3 is 5.97 Å². The maximum Gasteiger partial charge on any atom is 0.360 e. The number of methoxy groups -OCH3 is 1. The summed E-state index contributed by atoms with van der Waals surface area (Å²) < 4.78 is 21.5. The Kier molecular flexibility index (Phi) is 3.74. The van der Waals surface area contributed by atoms with Gasteiger partial charge in [0.2, 0.25) is 11.8 Å². The summed E-state index contributed by atoms with van der Waals surface area (Å²) in [5.74, 6) is 0.0809. The van der Waals surface area contributed by atoms with E-state index in [0.29, 0.717) is 11.3 Å². The topological polar surface area (TPSA) is 108 Å². The van der Waals surface area contributed by atoms with Crippen LogP contribution in [0.5, 0.6) is 5.75 Å². The van der Waals surface area contributed by atoms with Gasteiger partial charge < -0.3 is 23.3 Å². The van der Waals surface area contributed by atoms with E-state index in [-0.39, 0.29) is 30.6 Å². The summed E-state index contributed by atoms with van der Waals surface area (Å²) in [5.41, 5.74) is 2.78. The van der Waals surface area contributed by atoms with Crippen LogP contribution in [0, 0.1) is 6.92 Å². The van der Waals surface area contributed by atoms with Crippen LogP contribution in [0.4, 0.5) is 5.69 Å². The van der Waals surface area contributed by atoms with Crippen LogP contribution in [-0.4, -0.2) is 35.7 Å². The minimum atomic E-state index is -0.998. The monoisotopic (exact) mass is 431 g/mol. The summed E-state index contributed by atoms with van der Waals surface area (Å²) in [5, 5.41) is 4.87. The summed E-state index contributed by atoms with van der Waals surface area (Å²) >= 11 is 0. The fourth-order valence-electron chi connectivity index (χ4n) is 4.60. The molecule has 0 saturated carbocycles. The molecule has 0 radical (unpaired) electrons. The number of aryl methyl sites for hydroxylation is 1. The minimum absolute atomic E-state index is 0.0528. The van der Waals surface area contributed by atoms with Crippen molar-refractivity contribution >= 4 is 28.5 Å². The Bertz CT molecular complexity index is 1420. The second-order valence-electron chi connectivity index (χ2n) is 7.83. The molecule has 0 N–H and O–H groups in total. The Balaban J connectivity index is 1.47. The molecule has 0 aliphatic carbocycles. The van der Waals surface area contributed by atoms with Crippen molar-refractivity contribution in [3.63, 3.8) is 0 Å². The Morgan fingerprint density at radius 2 is 2.09 bits per heavy atom. The number of aromatic nitrogens is 2. The van der Waals surface area contributed by atoms with Gasteiger partial charge in [-0.3, -0.25) is 4.79 Å². The molecule has 0 bridgehead atoms. The molecule has 0 fully saturated rings. The van der Waals surface area contributed by atoms with Gasteiger partial charge in [-0.2, -0.15) is 0 Å². The third-order valence-corrected chi connectivity index (χ3v) is 6.16. The summed E-state index contributed by atoms with van der Waals surface area (Å²) in [7, 11) is 1.27. The fraction of sp³-hybridized carbons (Fsp3) is 0.217. The molecular weight excluding hydrogens is 414 g/mol. The first-order valence-corrected chi connectivity index (χ1v) is 10.0. The molecule has 2 aliphatic rings. The van der Waals surface area contributed by atoms with Gasteiger partial charge in [0.05, 0.1) is 12.8 Å². The zero-order chi connectivity index (χ0) is 22.0. The lowest BCUT2D eigenvalue weighted by atomic mass is 9.77. The molecule has 1 unspecified atom stereocenters. The highest BCUT2D eigenvalue weighted by atomic mass is 16.5. The largest absolute Gasteiger partial charge is 0.491 e. The van der Waals surface area contributed by atoms with Gasteiger partial charge in [-0.25, -0.2) is 9.78 Å². The van der Waals surface area contributed by atoms with Crippen molar-refractivity contribution in [2.24, 2.45) is 0 Å². The zero-order valence-corrected chi connectivity index (χ0v) is 17.2. The molecule has 2 aliphatic heterocycles. The van der Waals surface area contributed by atoms with Crippen molar-refractivity contribution in [3.8, 4) is 5.75 Å². The van der Waals surface area contributed by atoms with E-state index >= 15 is 0 Å². The van der Waals surface area contributed by atoms with Crippen molar-refractivity contribution in [1.29, 1.82) is 0 Å². The highest BCUT2D eigenvalue weighted by Gasteiger charge is 2.57. The van der Waals surface area contributed by atoms with Gasteiger partial charge in [-0.15, -0.1) is 0 Å². The number of benzene rings is 2. The minimum Gasteiger partial charge on any atom is -0.491 e. The van der Waals surface area contributed by atoms with E-state index in [1.165, 1.54) is 13.4 Å². The number of oxazole rings is 1. The second kappa shape index (κ2) is 6.43. The number of anilines is 1. The van der Waals surface area contributed by atoms with E-state index in [9.17, 15) is 9.59 Å². The molecule has 6 rings (SSSR count). The van der Waals surface area contributed by atoms with Crippen LogP contribution < -0.4 is 9.64 Å². The summed E-state index contributed by atoms with van der Waals surface area (Å²) in [6.45, 7) is 2.10.